The van der Waals surface area contributed by atoms with Crippen LogP contribution >= 0.6 is 0 Å². The normalized spacial score (nSPS) is 26.7. The van der Waals surface area contributed by atoms with Gasteiger partial charge in [-0.15, -0.1) is 0 Å². The van der Waals surface area contributed by atoms with E-state index < -0.39 is 0 Å². The van der Waals surface area contributed by atoms with Gasteiger partial charge in [-0.2, -0.15) is 0 Å². The van der Waals surface area contributed by atoms with Crippen LogP contribution in [0.25, 0.3) is 0 Å². The molecule has 0 amide bonds. The van der Waals surface area contributed by atoms with Crippen molar-refractivity contribution in [2.75, 3.05) is 39.8 Å². The van der Waals surface area contributed by atoms with E-state index in [2.05, 4.69) is 17.3 Å². The minimum Gasteiger partial charge on any atom is -0.377 e. The van der Waals surface area contributed by atoms with Crippen molar-refractivity contribution in [3.8, 4) is 0 Å². The Labute approximate surface area is 112 Å². The first-order chi connectivity index (χ1) is 8.84. The first kappa shape index (κ1) is 14.3. The fourth-order valence-electron chi connectivity index (χ4n) is 3.21. The van der Waals surface area contributed by atoms with E-state index in [1.807, 2.05) is 0 Å². The number of nitrogens with one attached hydrogen (secondary N) is 1. The molecule has 3 nitrogen and oxygen atoms in total. The van der Waals surface area contributed by atoms with Crippen LogP contribution in [0.1, 0.15) is 44.9 Å². The number of ether oxygens (including phenoxy) is 1. The van der Waals surface area contributed by atoms with Gasteiger partial charge in [0, 0.05) is 13.2 Å². The summed E-state index contributed by atoms with van der Waals surface area (Å²) in [5.41, 5.74) is 0. The van der Waals surface area contributed by atoms with E-state index in [1.165, 1.54) is 64.6 Å². The van der Waals surface area contributed by atoms with Crippen LogP contribution in [0.15, 0.2) is 0 Å². The highest BCUT2D eigenvalue weighted by molar-refractivity contribution is 4.70. The van der Waals surface area contributed by atoms with Crippen molar-refractivity contribution in [3.05, 3.63) is 0 Å². The van der Waals surface area contributed by atoms with Gasteiger partial charge in [-0.1, -0.05) is 0 Å². The summed E-state index contributed by atoms with van der Waals surface area (Å²) in [6.07, 6.45) is 9.92. The van der Waals surface area contributed by atoms with E-state index in [0.717, 1.165) is 19.1 Å². The molecular formula is C15H30N2O. The van der Waals surface area contributed by atoms with Crippen LogP contribution in [0.4, 0.5) is 0 Å². The number of piperidine rings is 1. The lowest BCUT2D eigenvalue weighted by molar-refractivity contribution is -0.00175. The Kier molecular flexibility index (Phi) is 6.46. The maximum atomic E-state index is 5.79. The zero-order valence-corrected chi connectivity index (χ0v) is 12.0. The number of likely N-dealkylation sites (N-methyl/N-ethyl adjacent to an activating group) is 1. The van der Waals surface area contributed by atoms with Gasteiger partial charge >= 0.3 is 0 Å². The van der Waals surface area contributed by atoms with Crippen molar-refractivity contribution >= 4 is 0 Å². The lowest BCUT2D eigenvalue weighted by atomic mass is 9.93. The molecule has 0 bridgehead atoms. The second-order valence-electron chi connectivity index (χ2n) is 6.09. The third-order valence-electron chi connectivity index (χ3n) is 4.40. The molecule has 2 aliphatic heterocycles. The number of hydrogen-bond acceptors (Lipinski definition) is 3. The monoisotopic (exact) mass is 254 g/mol. The molecule has 0 spiro atoms. The van der Waals surface area contributed by atoms with E-state index in [1.54, 1.807) is 0 Å². The summed E-state index contributed by atoms with van der Waals surface area (Å²) in [5.74, 6) is 0.977. The van der Waals surface area contributed by atoms with Crippen molar-refractivity contribution in [1.29, 1.82) is 0 Å². The van der Waals surface area contributed by atoms with Crippen molar-refractivity contribution in [2.45, 2.75) is 51.0 Å². The highest BCUT2D eigenvalue weighted by atomic mass is 16.5. The summed E-state index contributed by atoms with van der Waals surface area (Å²) in [4.78, 5) is 2.47. The van der Waals surface area contributed by atoms with Gasteiger partial charge in [0.25, 0.3) is 0 Å². The van der Waals surface area contributed by atoms with Crippen molar-refractivity contribution in [1.82, 2.24) is 10.2 Å². The Morgan fingerprint density at radius 1 is 1.17 bits per heavy atom. The van der Waals surface area contributed by atoms with Crippen LogP contribution in [0.5, 0.6) is 0 Å². The summed E-state index contributed by atoms with van der Waals surface area (Å²) >= 11 is 0. The summed E-state index contributed by atoms with van der Waals surface area (Å²) in [6, 6.07) is 0. The van der Waals surface area contributed by atoms with Gasteiger partial charge in [0.2, 0.25) is 0 Å². The maximum absolute atomic E-state index is 5.79. The quantitative estimate of drug-likeness (QED) is 0.787. The van der Waals surface area contributed by atoms with Gasteiger partial charge < -0.3 is 15.0 Å². The number of hydrogen-bond donors (Lipinski definition) is 1. The number of rotatable bonds is 6. The van der Waals surface area contributed by atoms with Crippen molar-refractivity contribution in [2.24, 2.45) is 5.92 Å². The van der Waals surface area contributed by atoms with Crippen LogP contribution < -0.4 is 5.32 Å². The summed E-state index contributed by atoms with van der Waals surface area (Å²) < 4.78 is 5.79. The Balaban J connectivity index is 1.52. The largest absolute Gasteiger partial charge is 0.377 e. The molecule has 2 heterocycles. The smallest absolute Gasteiger partial charge is 0.0701 e. The Bertz CT molecular complexity index is 211. The molecule has 0 radical (unpaired) electrons. The second-order valence-corrected chi connectivity index (χ2v) is 6.09. The molecule has 1 unspecified atom stereocenters. The molecule has 18 heavy (non-hydrogen) atoms. The summed E-state index contributed by atoms with van der Waals surface area (Å²) in [6.45, 7) is 5.82. The zero-order chi connectivity index (χ0) is 12.6. The fourth-order valence-corrected chi connectivity index (χ4v) is 3.21. The van der Waals surface area contributed by atoms with E-state index >= 15 is 0 Å². The molecule has 0 saturated carbocycles. The molecule has 1 atom stereocenters. The fraction of sp³-hybridized carbons (Fsp3) is 1.00. The van der Waals surface area contributed by atoms with Crippen molar-refractivity contribution < 1.29 is 4.74 Å². The minimum atomic E-state index is 0.502. The highest BCUT2D eigenvalue weighted by Crippen LogP contribution is 2.18. The molecule has 0 aromatic heterocycles. The third-order valence-corrected chi connectivity index (χ3v) is 4.40. The van der Waals surface area contributed by atoms with Gasteiger partial charge in [0.05, 0.1) is 6.10 Å². The van der Waals surface area contributed by atoms with Gasteiger partial charge in [0.15, 0.2) is 0 Å². The molecule has 0 aliphatic carbocycles. The molecule has 2 rings (SSSR count). The molecule has 2 saturated heterocycles. The van der Waals surface area contributed by atoms with Crippen LogP contribution in [-0.2, 0) is 4.74 Å². The first-order valence-electron chi connectivity index (χ1n) is 7.85. The standard InChI is InChI=1S/C15H30N2O/c1-17(13-15-6-2-3-12-18-15)11-4-5-14-7-9-16-10-8-14/h14-16H,2-13H2,1H3. The highest BCUT2D eigenvalue weighted by Gasteiger charge is 2.16. The minimum absolute atomic E-state index is 0.502. The van der Waals surface area contributed by atoms with E-state index in [4.69, 9.17) is 4.74 Å². The van der Waals surface area contributed by atoms with Crippen LogP contribution in [0.2, 0.25) is 0 Å². The predicted molar refractivity (Wildman–Crippen MR) is 75.9 cm³/mol. The van der Waals surface area contributed by atoms with Gasteiger partial charge in [0.1, 0.15) is 0 Å². The van der Waals surface area contributed by atoms with Crippen LogP contribution in [-0.4, -0.2) is 50.8 Å². The SMILES string of the molecule is CN(CCCC1CCNCC1)CC1CCCCO1. The molecule has 3 heteroatoms. The average molecular weight is 254 g/mol. The van der Waals surface area contributed by atoms with Crippen LogP contribution in [0, 0.1) is 5.92 Å². The van der Waals surface area contributed by atoms with Crippen LogP contribution in [0.3, 0.4) is 0 Å². The van der Waals surface area contributed by atoms with Gasteiger partial charge in [-0.05, 0) is 77.5 Å². The molecule has 0 aromatic rings. The molecular weight excluding hydrogens is 224 g/mol. The molecule has 106 valence electrons. The average Bonchev–Trinajstić information content (AvgIpc) is 2.41. The molecule has 2 aliphatic rings. The van der Waals surface area contributed by atoms with Gasteiger partial charge in [-0.25, -0.2) is 0 Å². The van der Waals surface area contributed by atoms with E-state index in [-0.39, 0.29) is 0 Å². The van der Waals surface area contributed by atoms with E-state index in [0.29, 0.717) is 6.10 Å². The summed E-state index contributed by atoms with van der Waals surface area (Å²) in [5, 5.41) is 3.44. The Morgan fingerprint density at radius 2 is 2.00 bits per heavy atom. The van der Waals surface area contributed by atoms with Gasteiger partial charge in [-0.3, -0.25) is 0 Å². The molecule has 1 N–H and O–H groups in total. The Morgan fingerprint density at radius 3 is 2.72 bits per heavy atom. The maximum Gasteiger partial charge on any atom is 0.0701 e. The third kappa shape index (κ3) is 5.25. The lowest BCUT2D eigenvalue weighted by Crippen LogP contribution is -2.34. The molecule has 2 fully saturated rings. The topological polar surface area (TPSA) is 24.5 Å². The second kappa shape index (κ2) is 8.13. The zero-order valence-electron chi connectivity index (χ0n) is 12.0. The summed E-state index contributed by atoms with van der Waals surface area (Å²) in [7, 11) is 2.25. The predicted octanol–water partition coefficient (Wildman–Crippen LogP) is 2.27. The first-order valence-corrected chi connectivity index (χ1v) is 7.85. The Hall–Kier alpha value is -0.120. The van der Waals surface area contributed by atoms with E-state index in [9.17, 15) is 0 Å². The number of nitrogens with zero attached hydrogens (tertiary/aromatic N) is 1. The van der Waals surface area contributed by atoms with Crippen molar-refractivity contribution in [3.63, 3.8) is 0 Å². The lowest BCUT2D eigenvalue weighted by Gasteiger charge is -2.28. The molecule has 0 aromatic carbocycles.